The second-order valence-electron chi connectivity index (χ2n) is 6.76. The quantitative estimate of drug-likeness (QED) is 0.807. The van der Waals surface area contributed by atoms with Crippen molar-refractivity contribution < 1.29 is 9.53 Å². The fourth-order valence-electron chi connectivity index (χ4n) is 3.79. The SMILES string of the molecule is O=C(Nc1ccccc1-c1ccc(Br)cc1)OC1CN2CCC1CC2. The number of hydrogen-bond donors (Lipinski definition) is 1. The number of ether oxygens (including phenoxy) is 1. The highest BCUT2D eigenvalue weighted by molar-refractivity contribution is 9.10. The number of carbonyl (C=O) groups is 1. The molecule has 1 unspecified atom stereocenters. The molecular formula is C20H21BrN2O2. The van der Waals surface area contributed by atoms with Crippen LogP contribution in [0.5, 0.6) is 0 Å². The van der Waals surface area contributed by atoms with Crippen LogP contribution in [0.15, 0.2) is 53.0 Å². The standard InChI is InChI=1S/C20H21BrN2O2/c21-16-7-5-14(6-8-16)17-3-1-2-4-18(17)22-20(24)25-19-13-23-11-9-15(19)10-12-23/h1-8,15,19H,9-13H2,(H,22,24). The minimum atomic E-state index is -0.358. The summed E-state index contributed by atoms with van der Waals surface area (Å²) >= 11 is 3.45. The number of rotatable bonds is 3. The second-order valence-corrected chi connectivity index (χ2v) is 7.67. The maximum Gasteiger partial charge on any atom is 0.411 e. The lowest BCUT2D eigenvalue weighted by molar-refractivity contribution is -0.0289. The lowest BCUT2D eigenvalue weighted by atomic mass is 9.86. The predicted molar refractivity (Wildman–Crippen MR) is 103 cm³/mol. The molecule has 1 amide bonds. The maximum atomic E-state index is 12.4. The summed E-state index contributed by atoms with van der Waals surface area (Å²) in [4.78, 5) is 14.8. The Morgan fingerprint density at radius 2 is 1.80 bits per heavy atom. The minimum Gasteiger partial charge on any atom is -0.444 e. The molecule has 2 aromatic rings. The van der Waals surface area contributed by atoms with Crippen LogP contribution in [0.3, 0.4) is 0 Å². The van der Waals surface area contributed by atoms with E-state index in [9.17, 15) is 4.79 Å². The van der Waals surface area contributed by atoms with E-state index >= 15 is 0 Å². The Bertz CT molecular complexity index is 755. The largest absolute Gasteiger partial charge is 0.444 e. The number of amides is 1. The molecular weight excluding hydrogens is 380 g/mol. The first kappa shape index (κ1) is 16.6. The van der Waals surface area contributed by atoms with E-state index in [2.05, 4.69) is 26.1 Å². The summed E-state index contributed by atoms with van der Waals surface area (Å²) in [5.41, 5.74) is 2.82. The summed E-state index contributed by atoms with van der Waals surface area (Å²) in [5, 5.41) is 2.94. The predicted octanol–water partition coefficient (Wildman–Crippen LogP) is 4.76. The van der Waals surface area contributed by atoms with Gasteiger partial charge in [0, 0.05) is 16.6 Å². The molecule has 0 saturated carbocycles. The number of hydrogen-bond acceptors (Lipinski definition) is 3. The Morgan fingerprint density at radius 3 is 2.48 bits per heavy atom. The molecule has 0 radical (unpaired) electrons. The van der Waals surface area contributed by atoms with Gasteiger partial charge < -0.3 is 4.74 Å². The highest BCUT2D eigenvalue weighted by Gasteiger charge is 2.36. The van der Waals surface area contributed by atoms with E-state index in [1.807, 2.05) is 48.5 Å². The van der Waals surface area contributed by atoms with Crippen molar-refractivity contribution in [2.45, 2.75) is 18.9 Å². The summed E-state index contributed by atoms with van der Waals surface area (Å²) in [6.45, 7) is 3.14. The number of para-hydroxylation sites is 1. The van der Waals surface area contributed by atoms with Crippen molar-refractivity contribution in [1.29, 1.82) is 0 Å². The van der Waals surface area contributed by atoms with Crippen LogP contribution in [0.1, 0.15) is 12.8 Å². The van der Waals surface area contributed by atoms with Crippen LogP contribution in [0.25, 0.3) is 11.1 Å². The number of fused-ring (bicyclic) bond motifs is 3. The lowest BCUT2D eigenvalue weighted by Gasteiger charge is -2.43. The van der Waals surface area contributed by atoms with Gasteiger partial charge in [0.15, 0.2) is 0 Å². The molecule has 3 saturated heterocycles. The molecule has 130 valence electrons. The Balaban J connectivity index is 1.47. The first-order valence-corrected chi connectivity index (χ1v) is 9.53. The van der Waals surface area contributed by atoms with E-state index in [0.29, 0.717) is 5.92 Å². The zero-order valence-electron chi connectivity index (χ0n) is 14.0. The Hall–Kier alpha value is -1.85. The highest BCUT2D eigenvalue weighted by Crippen LogP contribution is 2.31. The van der Waals surface area contributed by atoms with E-state index in [-0.39, 0.29) is 12.2 Å². The van der Waals surface area contributed by atoms with Crippen LogP contribution in [0.4, 0.5) is 10.5 Å². The molecule has 0 spiro atoms. The molecule has 3 aliphatic heterocycles. The number of nitrogens with one attached hydrogen (secondary N) is 1. The van der Waals surface area contributed by atoms with Gasteiger partial charge in [-0.15, -0.1) is 0 Å². The van der Waals surface area contributed by atoms with Gasteiger partial charge in [0.2, 0.25) is 0 Å². The van der Waals surface area contributed by atoms with Crippen LogP contribution in [0, 0.1) is 5.92 Å². The van der Waals surface area contributed by atoms with Crippen molar-refractivity contribution in [3.8, 4) is 11.1 Å². The molecule has 2 bridgehead atoms. The molecule has 25 heavy (non-hydrogen) atoms. The normalized spacial score (nSPS) is 24.8. The van der Waals surface area contributed by atoms with Crippen molar-refractivity contribution >= 4 is 27.7 Å². The average Bonchev–Trinajstić information content (AvgIpc) is 2.64. The van der Waals surface area contributed by atoms with Crippen molar-refractivity contribution in [1.82, 2.24) is 4.90 Å². The number of halogens is 1. The van der Waals surface area contributed by atoms with Gasteiger partial charge in [-0.25, -0.2) is 4.79 Å². The summed E-state index contributed by atoms with van der Waals surface area (Å²) < 4.78 is 6.77. The smallest absolute Gasteiger partial charge is 0.411 e. The van der Waals surface area contributed by atoms with Crippen LogP contribution < -0.4 is 5.32 Å². The van der Waals surface area contributed by atoms with Crippen LogP contribution in [-0.4, -0.2) is 36.7 Å². The van der Waals surface area contributed by atoms with Gasteiger partial charge in [-0.1, -0.05) is 46.3 Å². The molecule has 1 N–H and O–H groups in total. The molecule has 0 aromatic heterocycles. The molecule has 0 aliphatic carbocycles. The molecule has 1 atom stereocenters. The first-order valence-electron chi connectivity index (χ1n) is 8.74. The van der Waals surface area contributed by atoms with Gasteiger partial charge in [0.05, 0.1) is 5.69 Å². The van der Waals surface area contributed by atoms with E-state index in [1.54, 1.807) is 0 Å². The molecule has 3 fully saturated rings. The molecule has 5 rings (SSSR count). The summed E-state index contributed by atoms with van der Waals surface area (Å²) in [5.74, 6) is 0.512. The van der Waals surface area contributed by atoms with Crippen molar-refractivity contribution in [3.63, 3.8) is 0 Å². The summed E-state index contributed by atoms with van der Waals surface area (Å²) in [7, 11) is 0. The van der Waals surface area contributed by atoms with Gasteiger partial charge in [-0.05, 0) is 55.6 Å². The Morgan fingerprint density at radius 1 is 1.08 bits per heavy atom. The van der Waals surface area contributed by atoms with Gasteiger partial charge in [-0.2, -0.15) is 0 Å². The number of anilines is 1. The third-order valence-corrected chi connectivity index (χ3v) is 5.70. The average molecular weight is 401 g/mol. The van der Waals surface area contributed by atoms with E-state index in [0.717, 1.165) is 53.8 Å². The van der Waals surface area contributed by atoms with Gasteiger partial charge in [0.1, 0.15) is 6.10 Å². The summed E-state index contributed by atoms with van der Waals surface area (Å²) in [6, 6.07) is 15.9. The van der Waals surface area contributed by atoms with E-state index in [1.165, 1.54) is 0 Å². The third-order valence-electron chi connectivity index (χ3n) is 5.17. The number of carbonyl (C=O) groups excluding carboxylic acids is 1. The van der Waals surface area contributed by atoms with E-state index < -0.39 is 0 Å². The monoisotopic (exact) mass is 400 g/mol. The fraction of sp³-hybridized carbons (Fsp3) is 0.350. The Kier molecular flexibility index (Phi) is 4.77. The van der Waals surface area contributed by atoms with Gasteiger partial charge in [-0.3, -0.25) is 10.2 Å². The van der Waals surface area contributed by atoms with E-state index in [4.69, 9.17) is 4.74 Å². The van der Waals surface area contributed by atoms with Gasteiger partial charge >= 0.3 is 6.09 Å². The molecule has 5 heteroatoms. The third kappa shape index (κ3) is 3.72. The van der Waals surface area contributed by atoms with Crippen LogP contribution in [0.2, 0.25) is 0 Å². The zero-order valence-corrected chi connectivity index (χ0v) is 15.5. The fourth-order valence-corrected chi connectivity index (χ4v) is 4.06. The van der Waals surface area contributed by atoms with Crippen molar-refractivity contribution in [2.24, 2.45) is 5.92 Å². The first-order chi connectivity index (χ1) is 12.2. The molecule has 4 nitrogen and oxygen atoms in total. The molecule has 2 aromatic carbocycles. The highest BCUT2D eigenvalue weighted by atomic mass is 79.9. The van der Waals surface area contributed by atoms with Crippen LogP contribution in [-0.2, 0) is 4.74 Å². The molecule has 3 heterocycles. The number of benzene rings is 2. The topological polar surface area (TPSA) is 41.6 Å². The lowest BCUT2D eigenvalue weighted by Crippen LogP contribution is -2.52. The second kappa shape index (κ2) is 7.18. The van der Waals surface area contributed by atoms with Crippen molar-refractivity contribution in [3.05, 3.63) is 53.0 Å². The summed E-state index contributed by atoms with van der Waals surface area (Å²) in [6.07, 6.45) is 1.92. The zero-order chi connectivity index (χ0) is 17.2. The van der Waals surface area contributed by atoms with Crippen molar-refractivity contribution in [2.75, 3.05) is 25.0 Å². The maximum absolute atomic E-state index is 12.4. The minimum absolute atomic E-state index is 0.0161. The van der Waals surface area contributed by atoms with Crippen LogP contribution >= 0.6 is 15.9 Å². The molecule has 3 aliphatic rings. The number of piperidine rings is 3. The Labute approximate surface area is 156 Å². The number of nitrogens with zero attached hydrogens (tertiary/aromatic N) is 1. The van der Waals surface area contributed by atoms with Gasteiger partial charge in [0.25, 0.3) is 0 Å².